The second-order valence-corrected chi connectivity index (χ2v) is 10.8. The molecule has 0 aliphatic carbocycles. The van der Waals surface area contributed by atoms with Crippen LogP contribution in [0.2, 0.25) is 18.6 Å². The first-order valence-electron chi connectivity index (χ1n) is 6.70. The SMILES string of the molecule is CC(C)[C@@H]1OCC[C@@H]1[Si](C)(C)c1ccccc1. The summed E-state index contributed by atoms with van der Waals surface area (Å²) >= 11 is 0. The van der Waals surface area contributed by atoms with Crippen LogP contribution in [0.5, 0.6) is 0 Å². The summed E-state index contributed by atoms with van der Waals surface area (Å²) in [5.74, 6) is 0.637. The van der Waals surface area contributed by atoms with Gasteiger partial charge in [-0.1, -0.05) is 62.5 Å². The molecular formula is C15H24OSi. The molecule has 94 valence electrons. The Kier molecular flexibility index (Phi) is 3.74. The van der Waals surface area contributed by atoms with Gasteiger partial charge in [-0.3, -0.25) is 0 Å². The normalized spacial score (nSPS) is 25.5. The van der Waals surface area contributed by atoms with Crippen molar-refractivity contribution in [3.05, 3.63) is 30.3 Å². The highest BCUT2D eigenvalue weighted by Crippen LogP contribution is 2.39. The predicted molar refractivity (Wildman–Crippen MR) is 76.5 cm³/mol. The largest absolute Gasteiger partial charge is 0.378 e. The number of ether oxygens (including phenoxy) is 1. The van der Waals surface area contributed by atoms with Gasteiger partial charge in [-0.2, -0.15) is 0 Å². The van der Waals surface area contributed by atoms with Gasteiger partial charge in [-0.05, 0) is 17.9 Å². The third kappa shape index (κ3) is 2.48. The first kappa shape index (κ1) is 12.8. The highest BCUT2D eigenvalue weighted by Gasteiger charge is 2.43. The number of rotatable bonds is 3. The molecule has 2 rings (SSSR count). The fourth-order valence-electron chi connectivity index (χ4n) is 3.12. The van der Waals surface area contributed by atoms with Crippen molar-refractivity contribution in [3.8, 4) is 0 Å². The van der Waals surface area contributed by atoms with E-state index in [2.05, 4.69) is 57.3 Å². The standard InChI is InChI=1S/C15H24OSi/c1-12(2)15-14(10-11-16-15)17(3,4)13-8-6-5-7-9-13/h5-9,12,14-15H,10-11H2,1-4H3/t14-,15-/m0/s1. The average Bonchev–Trinajstić information content (AvgIpc) is 2.80. The molecule has 2 atom stereocenters. The quantitative estimate of drug-likeness (QED) is 0.745. The van der Waals surface area contributed by atoms with Gasteiger partial charge in [0.1, 0.15) is 0 Å². The molecule has 1 saturated heterocycles. The zero-order valence-electron chi connectivity index (χ0n) is 11.4. The molecule has 1 aliphatic heterocycles. The fourth-order valence-corrected chi connectivity index (χ4v) is 6.74. The lowest BCUT2D eigenvalue weighted by atomic mass is 10.0. The molecule has 0 N–H and O–H groups in total. The van der Waals surface area contributed by atoms with Crippen LogP contribution >= 0.6 is 0 Å². The molecule has 0 saturated carbocycles. The van der Waals surface area contributed by atoms with Crippen molar-refractivity contribution >= 4 is 13.3 Å². The van der Waals surface area contributed by atoms with Gasteiger partial charge in [-0.15, -0.1) is 0 Å². The van der Waals surface area contributed by atoms with E-state index in [1.54, 1.807) is 5.19 Å². The van der Waals surface area contributed by atoms with E-state index in [1.807, 2.05) is 0 Å². The van der Waals surface area contributed by atoms with Crippen LogP contribution < -0.4 is 5.19 Å². The molecule has 0 bridgehead atoms. The molecule has 2 heteroatoms. The minimum Gasteiger partial charge on any atom is -0.378 e. The zero-order valence-corrected chi connectivity index (χ0v) is 12.4. The van der Waals surface area contributed by atoms with Crippen LogP contribution in [0.15, 0.2) is 30.3 Å². The smallest absolute Gasteiger partial charge is 0.0863 e. The molecule has 0 radical (unpaired) electrons. The van der Waals surface area contributed by atoms with Crippen LogP contribution in [0.1, 0.15) is 20.3 Å². The van der Waals surface area contributed by atoms with Gasteiger partial charge in [0, 0.05) is 6.61 Å². The topological polar surface area (TPSA) is 9.23 Å². The summed E-state index contributed by atoms with van der Waals surface area (Å²) in [6.07, 6.45) is 1.72. The van der Waals surface area contributed by atoms with E-state index >= 15 is 0 Å². The van der Waals surface area contributed by atoms with Gasteiger partial charge in [-0.25, -0.2) is 0 Å². The third-order valence-corrected chi connectivity index (χ3v) is 8.53. The Morgan fingerprint density at radius 3 is 2.41 bits per heavy atom. The Balaban J connectivity index is 2.26. The van der Waals surface area contributed by atoms with Crippen LogP contribution in [-0.4, -0.2) is 20.8 Å². The monoisotopic (exact) mass is 248 g/mol. The lowest BCUT2D eigenvalue weighted by Crippen LogP contribution is -2.49. The maximum atomic E-state index is 5.97. The Morgan fingerprint density at radius 1 is 1.18 bits per heavy atom. The van der Waals surface area contributed by atoms with E-state index in [1.165, 1.54) is 6.42 Å². The maximum Gasteiger partial charge on any atom is 0.0863 e. The van der Waals surface area contributed by atoms with Crippen molar-refractivity contribution in [2.24, 2.45) is 5.92 Å². The molecule has 0 amide bonds. The summed E-state index contributed by atoms with van der Waals surface area (Å²) in [7, 11) is -1.40. The predicted octanol–water partition coefficient (Wildman–Crippen LogP) is 3.42. The summed E-state index contributed by atoms with van der Waals surface area (Å²) in [6.45, 7) is 10.5. The summed E-state index contributed by atoms with van der Waals surface area (Å²) in [6, 6.07) is 11.1. The summed E-state index contributed by atoms with van der Waals surface area (Å²) in [4.78, 5) is 0. The number of benzene rings is 1. The zero-order chi connectivity index (χ0) is 12.5. The third-order valence-electron chi connectivity index (χ3n) is 4.24. The molecule has 1 heterocycles. The average molecular weight is 248 g/mol. The second kappa shape index (κ2) is 4.95. The molecule has 0 unspecified atom stereocenters. The van der Waals surface area contributed by atoms with Crippen LogP contribution in [0.25, 0.3) is 0 Å². The molecule has 1 nitrogen and oxygen atoms in total. The summed E-state index contributed by atoms with van der Waals surface area (Å²) < 4.78 is 5.97. The minimum absolute atomic E-state index is 0.469. The van der Waals surface area contributed by atoms with Crippen molar-refractivity contribution < 1.29 is 4.74 Å². The molecular weight excluding hydrogens is 224 g/mol. The molecule has 17 heavy (non-hydrogen) atoms. The molecule has 1 aromatic carbocycles. The highest BCUT2D eigenvalue weighted by atomic mass is 28.3. The first-order valence-corrected chi connectivity index (χ1v) is 9.78. The van der Waals surface area contributed by atoms with Gasteiger partial charge in [0.25, 0.3) is 0 Å². The number of hydrogen-bond acceptors (Lipinski definition) is 1. The van der Waals surface area contributed by atoms with Crippen molar-refractivity contribution in [2.45, 2.75) is 45.0 Å². The van der Waals surface area contributed by atoms with Crippen molar-refractivity contribution in [1.82, 2.24) is 0 Å². The molecule has 1 aliphatic rings. The van der Waals surface area contributed by atoms with Gasteiger partial charge in [0.15, 0.2) is 0 Å². The van der Waals surface area contributed by atoms with Crippen LogP contribution in [0, 0.1) is 5.92 Å². The van der Waals surface area contributed by atoms with E-state index in [0.29, 0.717) is 12.0 Å². The van der Waals surface area contributed by atoms with Crippen molar-refractivity contribution in [3.63, 3.8) is 0 Å². The van der Waals surface area contributed by atoms with E-state index < -0.39 is 8.07 Å². The van der Waals surface area contributed by atoms with Gasteiger partial charge in [0.05, 0.1) is 14.2 Å². The second-order valence-electron chi connectivity index (χ2n) is 6.06. The lowest BCUT2D eigenvalue weighted by molar-refractivity contribution is 0.0751. The Morgan fingerprint density at radius 2 is 1.82 bits per heavy atom. The lowest BCUT2D eigenvalue weighted by Gasteiger charge is -2.35. The maximum absolute atomic E-state index is 5.97. The molecule has 1 aromatic rings. The van der Waals surface area contributed by atoms with E-state index in [-0.39, 0.29) is 0 Å². The minimum atomic E-state index is -1.40. The van der Waals surface area contributed by atoms with E-state index in [4.69, 9.17) is 4.74 Å². The molecule has 0 aromatic heterocycles. The van der Waals surface area contributed by atoms with Gasteiger partial charge < -0.3 is 4.74 Å². The van der Waals surface area contributed by atoms with Crippen molar-refractivity contribution in [1.29, 1.82) is 0 Å². The van der Waals surface area contributed by atoms with Gasteiger partial charge in [0.2, 0.25) is 0 Å². The van der Waals surface area contributed by atoms with Crippen LogP contribution in [-0.2, 0) is 4.74 Å². The summed E-state index contributed by atoms with van der Waals surface area (Å²) in [5.41, 5.74) is 0.768. The molecule has 1 fully saturated rings. The van der Waals surface area contributed by atoms with Crippen LogP contribution in [0.3, 0.4) is 0 Å². The van der Waals surface area contributed by atoms with E-state index in [0.717, 1.165) is 12.1 Å². The molecule has 0 spiro atoms. The van der Waals surface area contributed by atoms with E-state index in [9.17, 15) is 0 Å². The Labute approximate surface area is 106 Å². The highest BCUT2D eigenvalue weighted by molar-refractivity contribution is 6.91. The summed E-state index contributed by atoms with van der Waals surface area (Å²) in [5, 5.41) is 1.57. The number of hydrogen-bond donors (Lipinski definition) is 0. The first-order chi connectivity index (χ1) is 8.03. The fraction of sp³-hybridized carbons (Fsp3) is 0.600. The Hall–Kier alpha value is -0.603. The van der Waals surface area contributed by atoms with Crippen molar-refractivity contribution in [2.75, 3.05) is 6.61 Å². The van der Waals surface area contributed by atoms with Gasteiger partial charge >= 0.3 is 0 Å². The Bertz CT molecular complexity index is 358. The van der Waals surface area contributed by atoms with Crippen LogP contribution in [0.4, 0.5) is 0 Å².